The van der Waals surface area contributed by atoms with Gasteiger partial charge in [0.2, 0.25) is 0 Å². The zero-order chi connectivity index (χ0) is 14.8. The molecule has 0 aliphatic carbocycles. The molecule has 2 rings (SSSR count). The number of amidine groups is 1. The predicted molar refractivity (Wildman–Crippen MR) is 75.7 cm³/mol. The molecule has 7 nitrogen and oxygen atoms in total. The molecule has 0 aromatic heterocycles. The van der Waals surface area contributed by atoms with E-state index in [4.69, 9.17) is 10.5 Å². The van der Waals surface area contributed by atoms with Crippen molar-refractivity contribution in [2.24, 2.45) is 10.5 Å². The van der Waals surface area contributed by atoms with E-state index in [9.17, 15) is 4.79 Å². The van der Waals surface area contributed by atoms with E-state index in [1.165, 1.54) is 0 Å². The second kappa shape index (κ2) is 5.38. The van der Waals surface area contributed by atoms with Gasteiger partial charge in [0.05, 0.1) is 12.0 Å². The lowest BCUT2D eigenvalue weighted by atomic mass is 9.98. The largest absolute Gasteiger partial charge is 0.399 e. The van der Waals surface area contributed by atoms with Crippen molar-refractivity contribution in [3.8, 4) is 0 Å². The van der Waals surface area contributed by atoms with Crippen molar-refractivity contribution in [1.82, 2.24) is 16.1 Å². The van der Waals surface area contributed by atoms with Gasteiger partial charge in [-0.2, -0.15) is 0 Å². The molecule has 1 aromatic rings. The average molecular weight is 277 g/mol. The Labute approximate surface area is 117 Å². The Hall–Kier alpha value is -2.28. The summed E-state index contributed by atoms with van der Waals surface area (Å²) in [6.45, 7) is 5.89. The molecule has 0 saturated carbocycles. The number of anilines is 1. The summed E-state index contributed by atoms with van der Waals surface area (Å²) in [5, 5.41) is 5.51. The van der Waals surface area contributed by atoms with Gasteiger partial charge in [-0.15, -0.1) is 10.2 Å². The molecule has 7 heteroatoms. The number of nitrogens with one attached hydrogen (secondary N) is 2. The molecule has 0 spiro atoms. The number of rotatable bonds is 2. The van der Waals surface area contributed by atoms with Crippen molar-refractivity contribution in [3.63, 3.8) is 0 Å². The summed E-state index contributed by atoms with van der Waals surface area (Å²) in [4.78, 5) is 11.7. The van der Waals surface area contributed by atoms with Crippen molar-refractivity contribution >= 4 is 17.7 Å². The quantitative estimate of drug-likeness (QED) is 0.551. The van der Waals surface area contributed by atoms with Gasteiger partial charge in [-0.1, -0.05) is 12.1 Å². The summed E-state index contributed by atoms with van der Waals surface area (Å²) in [5.41, 5.74) is 12.4. The lowest BCUT2D eigenvalue weighted by Crippen LogP contribution is -2.42. The molecule has 20 heavy (non-hydrogen) atoms. The van der Waals surface area contributed by atoms with Crippen LogP contribution in [0.2, 0.25) is 0 Å². The Morgan fingerprint density at radius 3 is 2.60 bits per heavy atom. The molecule has 0 amide bonds. The molecule has 0 unspecified atom stereocenters. The first kappa shape index (κ1) is 14.1. The summed E-state index contributed by atoms with van der Waals surface area (Å²) in [6, 6.07) is 7.62. The molecular formula is C13H19N5O2. The minimum absolute atomic E-state index is 0.139. The van der Waals surface area contributed by atoms with Crippen molar-refractivity contribution < 1.29 is 9.53 Å². The van der Waals surface area contributed by atoms with Crippen LogP contribution in [-0.2, 0) is 16.1 Å². The molecule has 4 N–H and O–H groups in total. The number of carbonyl (C=O) groups excluding carboxylic acids is 1. The lowest BCUT2D eigenvalue weighted by molar-refractivity contribution is -0.144. The second-order valence-corrected chi connectivity index (χ2v) is 5.60. The SMILES string of the molecule is CC(C)(C)C(=O)OC1=NNN(Cc2ccc(N)cc2)N1. The Bertz CT molecular complexity index is 519. The maximum Gasteiger partial charge on any atom is 0.332 e. The number of esters is 1. The highest BCUT2D eigenvalue weighted by Crippen LogP contribution is 2.15. The number of benzene rings is 1. The fraction of sp³-hybridized carbons (Fsp3) is 0.385. The average Bonchev–Trinajstić information content (AvgIpc) is 2.78. The van der Waals surface area contributed by atoms with Crippen LogP contribution in [0.4, 0.5) is 5.69 Å². The van der Waals surface area contributed by atoms with E-state index in [-0.39, 0.29) is 12.0 Å². The Morgan fingerprint density at radius 1 is 1.35 bits per heavy atom. The first-order valence-electron chi connectivity index (χ1n) is 6.29. The zero-order valence-electron chi connectivity index (χ0n) is 11.8. The molecule has 0 radical (unpaired) electrons. The van der Waals surface area contributed by atoms with Gasteiger partial charge in [-0.3, -0.25) is 10.2 Å². The Morgan fingerprint density at radius 2 is 2.00 bits per heavy atom. The highest BCUT2D eigenvalue weighted by molar-refractivity contribution is 5.89. The molecule has 1 aliphatic heterocycles. The van der Waals surface area contributed by atoms with Crippen molar-refractivity contribution in [1.29, 1.82) is 0 Å². The maximum atomic E-state index is 11.7. The molecule has 0 bridgehead atoms. The van der Waals surface area contributed by atoms with Crippen LogP contribution in [-0.4, -0.2) is 17.1 Å². The molecule has 0 atom stereocenters. The lowest BCUT2D eigenvalue weighted by Gasteiger charge is -2.17. The molecule has 1 heterocycles. The second-order valence-electron chi connectivity index (χ2n) is 5.60. The molecular weight excluding hydrogens is 258 g/mol. The molecule has 0 fully saturated rings. The number of nitrogens with zero attached hydrogens (tertiary/aromatic N) is 2. The molecule has 0 saturated heterocycles. The number of hydrogen-bond donors (Lipinski definition) is 3. The fourth-order valence-electron chi connectivity index (χ4n) is 1.44. The van der Waals surface area contributed by atoms with Crippen LogP contribution < -0.4 is 16.7 Å². The fourth-order valence-corrected chi connectivity index (χ4v) is 1.44. The molecule has 1 aromatic carbocycles. The van der Waals surface area contributed by atoms with Gasteiger partial charge in [-0.25, -0.2) is 5.53 Å². The van der Waals surface area contributed by atoms with Gasteiger partial charge in [0, 0.05) is 5.69 Å². The topological polar surface area (TPSA) is 92.0 Å². The number of hydrazone groups is 1. The van der Waals surface area contributed by atoms with Gasteiger partial charge < -0.3 is 10.5 Å². The summed E-state index contributed by atoms with van der Waals surface area (Å²) < 4.78 is 5.14. The summed E-state index contributed by atoms with van der Waals surface area (Å²) >= 11 is 0. The third-order valence-corrected chi connectivity index (χ3v) is 2.63. The minimum Gasteiger partial charge on any atom is -0.399 e. The van der Waals surface area contributed by atoms with Crippen LogP contribution in [0.1, 0.15) is 26.3 Å². The van der Waals surface area contributed by atoms with Gasteiger partial charge in [-0.05, 0) is 38.5 Å². The highest BCUT2D eigenvalue weighted by Gasteiger charge is 2.27. The van der Waals surface area contributed by atoms with E-state index in [2.05, 4.69) is 16.1 Å². The number of carbonyl (C=O) groups is 1. The number of hydrazine groups is 2. The third kappa shape index (κ3) is 3.61. The standard InChI is InChI=1S/C13H19N5O2/c1-13(2,3)11(19)20-12-15-17-18(16-12)8-9-4-6-10(14)7-5-9/h4-7,17H,8,14H2,1-3H3,(H,15,16). The summed E-state index contributed by atoms with van der Waals surface area (Å²) in [5.74, 6) is -0.347. The van der Waals surface area contributed by atoms with Crippen LogP contribution in [0.15, 0.2) is 29.4 Å². The van der Waals surface area contributed by atoms with E-state index in [0.717, 1.165) is 5.56 Å². The van der Waals surface area contributed by atoms with Gasteiger partial charge in [0.25, 0.3) is 0 Å². The van der Waals surface area contributed by atoms with Crippen molar-refractivity contribution in [2.45, 2.75) is 27.3 Å². The minimum atomic E-state index is -0.575. The van der Waals surface area contributed by atoms with Crippen LogP contribution in [0, 0.1) is 5.41 Å². The first-order valence-corrected chi connectivity index (χ1v) is 6.29. The smallest absolute Gasteiger partial charge is 0.332 e. The number of hydrogen-bond acceptors (Lipinski definition) is 7. The summed E-state index contributed by atoms with van der Waals surface area (Å²) in [7, 11) is 0. The number of ether oxygens (including phenoxy) is 1. The zero-order valence-corrected chi connectivity index (χ0v) is 11.8. The van der Waals surface area contributed by atoms with E-state index >= 15 is 0 Å². The Kier molecular flexibility index (Phi) is 3.80. The van der Waals surface area contributed by atoms with Crippen molar-refractivity contribution in [2.75, 3.05) is 5.73 Å². The van der Waals surface area contributed by atoms with Crippen molar-refractivity contribution in [3.05, 3.63) is 29.8 Å². The molecule has 108 valence electrons. The van der Waals surface area contributed by atoms with Crippen LogP contribution >= 0.6 is 0 Å². The van der Waals surface area contributed by atoms with Gasteiger partial charge >= 0.3 is 12.0 Å². The normalized spacial score (nSPS) is 15.2. The van der Waals surface area contributed by atoms with Gasteiger partial charge in [0.1, 0.15) is 0 Å². The first-order chi connectivity index (χ1) is 9.34. The monoisotopic (exact) mass is 277 g/mol. The number of nitrogens with two attached hydrogens (primary N) is 1. The third-order valence-electron chi connectivity index (χ3n) is 2.63. The van der Waals surface area contributed by atoms with E-state index in [1.54, 1.807) is 25.9 Å². The van der Waals surface area contributed by atoms with Crippen LogP contribution in [0.25, 0.3) is 0 Å². The van der Waals surface area contributed by atoms with Crippen LogP contribution in [0.3, 0.4) is 0 Å². The maximum absolute atomic E-state index is 11.7. The highest BCUT2D eigenvalue weighted by atomic mass is 16.6. The van der Waals surface area contributed by atoms with Gasteiger partial charge in [0.15, 0.2) is 0 Å². The van der Waals surface area contributed by atoms with Crippen LogP contribution in [0.5, 0.6) is 0 Å². The van der Waals surface area contributed by atoms with E-state index in [0.29, 0.717) is 12.2 Å². The van der Waals surface area contributed by atoms with E-state index < -0.39 is 5.41 Å². The number of nitrogen functional groups attached to an aromatic ring is 1. The Balaban J connectivity index is 1.85. The van der Waals surface area contributed by atoms with E-state index in [1.807, 2.05) is 24.3 Å². The predicted octanol–water partition coefficient (Wildman–Crippen LogP) is 0.954. The summed E-state index contributed by atoms with van der Waals surface area (Å²) in [6.07, 6.45) is 0. The molecule has 1 aliphatic rings.